The van der Waals surface area contributed by atoms with Crippen molar-refractivity contribution in [3.8, 4) is 0 Å². The van der Waals surface area contributed by atoms with Gasteiger partial charge >= 0.3 is 0 Å². The van der Waals surface area contributed by atoms with Gasteiger partial charge in [0.15, 0.2) is 9.84 Å². The van der Waals surface area contributed by atoms with Crippen LogP contribution in [0.4, 0.5) is 0 Å². The second-order valence-corrected chi connectivity index (χ2v) is 8.99. The van der Waals surface area contributed by atoms with E-state index in [1.54, 1.807) is 30.4 Å². The summed E-state index contributed by atoms with van der Waals surface area (Å²) < 4.78 is 29.2. The predicted molar refractivity (Wildman–Crippen MR) is 96.9 cm³/mol. The second-order valence-electron chi connectivity index (χ2n) is 6.76. The number of benzene rings is 1. The van der Waals surface area contributed by atoms with Crippen LogP contribution in [0.25, 0.3) is 11.0 Å². The highest BCUT2D eigenvalue weighted by molar-refractivity contribution is 7.91. The Bertz CT molecular complexity index is 886. The molecule has 1 aliphatic heterocycles. The summed E-state index contributed by atoms with van der Waals surface area (Å²) in [7, 11) is 0.484. The number of aryl methyl sites for hydroxylation is 1. The molecule has 0 unspecified atom stereocenters. The lowest BCUT2D eigenvalue weighted by Gasteiger charge is -2.33. The lowest BCUT2D eigenvalue weighted by molar-refractivity contribution is -0.148. The summed E-state index contributed by atoms with van der Waals surface area (Å²) in [5.74, 6) is 0.0569. The molecule has 1 aromatic carbocycles. The van der Waals surface area contributed by atoms with Crippen molar-refractivity contribution in [3.05, 3.63) is 35.6 Å². The Morgan fingerprint density at radius 3 is 2.68 bits per heavy atom. The molecule has 1 amide bonds. The van der Waals surface area contributed by atoms with Crippen molar-refractivity contribution < 1.29 is 17.6 Å². The Hall–Kier alpha value is -1.86. The highest BCUT2D eigenvalue weighted by atomic mass is 32.2. The molecule has 3 rings (SSSR count). The van der Waals surface area contributed by atoms with Crippen LogP contribution in [-0.4, -0.2) is 56.0 Å². The molecule has 0 saturated carbocycles. The van der Waals surface area contributed by atoms with E-state index in [2.05, 4.69) is 6.92 Å². The zero-order valence-corrected chi connectivity index (χ0v) is 15.7. The molecule has 136 valence electrons. The number of furan rings is 1. The smallest absolute Gasteiger partial charge is 0.241 e. The van der Waals surface area contributed by atoms with Gasteiger partial charge in [-0.05, 0) is 24.5 Å². The van der Waals surface area contributed by atoms with Crippen molar-refractivity contribution >= 4 is 26.7 Å². The van der Waals surface area contributed by atoms with Gasteiger partial charge in [0.25, 0.3) is 0 Å². The standard InChI is InChI=1S/C18H24N2O4S/c1-4-13-5-6-16-14(11-24-17(16)9-13)10-18(21)20(19(2)3)15-7-8-25(22,23)12-15/h5-6,9,11,15H,4,7-8,10,12H2,1-3H3/t15-/m0/s1. The molecule has 1 fully saturated rings. The van der Waals surface area contributed by atoms with Gasteiger partial charge in [-0.3, -0.25) is 9.80 Å². The summed E-state index contributed by atoms with van der Waals surface area (Å²) in [6, 6.07) is 5.73. The Morgan fingerprint density at radius 2 is 2.08 bits per heavy atom. The third-order valence-corrected chi connectivity index (χ3v) is 6.46. The Balaban J connectivity index is 1.82. The fraction of sp³-hybridized carbons (Fsp3) is 0.500. The first-order valence-corrected chi connectivity index (χ1v) is 10.3. The largest absolute Gasteiger partial charge is 0.464 e. The van der Waals surface area contributed by atoms with Crippen LogP contribution in [0.1, 0.15) is 24.5 Å². The third kappa shape index (κ3) is 3.72. The first-order valence-electron chi connectivity index (χ1n) is 8.49. The zero-order valence-electron chi connectivity index (χ0n) is 14.9. The summed E-state index contributed by atoms with van der Waals surface area (Å²) in [5, 5.41) is 4.19. The van der Waals surface area contributed by atoms with Gasteiger partial charge in [-0.15, -0.1) is 0 Å². The molecule has 1 atom stereocenters. The minimum atomic E-state index is -3.05. The van der Waals surface area contributed by atoms with Gasteiger partial charge in [0.05, 0.1) is 30.2 Å². The molecule has 0 spiro atoms. The lowest BCUT2D eigenvalue weighted by atomic mass is 10.1. The number of rotatable bonds is 5. The molecule has 0 bridgehead atoms. The molecule has 2 heterocycles. The van der Waals surface area contributed by atoms with Crippen molar-refractivity contribution in [1.82, 2.24) is 10.0 Å². The number of sulfone groups is 1. The monoisotopic (exact) mass is 364 g/mol. The van der Waals surface area contributed by atoms with Crippen LogP contribution in [0.2, 0.25) is 0 Å². The van der Waals surface area contributed by atoms with Crippen molar-refractivity contribution in [1.29, 1.82) is 0 Å². The summed E-state index contributed by atoms with van der Waals surface area (Å²) in [4.78, 5) is 12.9. The van der Waals surface area contributed by atoms with Crippen LogP contribution in [0.5, 0.6) is 0 Å². The molecule has 1 saturated heterocycles. The molecule has 0 radical (unpaired) electrons. The Labute approximate surface area is 148 Å². The van der Waals surface area contributed by atoms with Crippen molar-refractivity contribution in [2.75, 3.05) is 25.6 Å². The summed E-state index contributed by atoms with van der Waals surface area (Å²) in [5.41, 5.74) is 2.79. The van der Waals surface area contributed by atoms with E-state index in [0.29, 0.717) is 6.42 Å². The summed E-state index contributed by atoms with van der Waals surface area (Å²) in [6.45, 7) is 2.08. The van der Waals surface area contributed by atoms with Crippen LogP contribution >= 0.6 is 0 Å². The predicted octanol–water partition coefficient (Wildman–Crippen LogP) is 2.03. The fourth-order valence-electron chi connectivity index (χ4n) is 3.45. The number of nitrogens with zero attached hydrogens (tertiary/aromatic N) is 2. The minimum absolute atomic E-state index is 0.0307. The first kappa shape index (κ1) is 17.9. The maximum Gasteiger partial charge on any atom is 0.241 e. The van der Waals surface area contributed by atoms with Gasteiger partial charge < -0.3 is 4.42 Å². The number of hydrogen-bond donors (Lipinski definition) is 0. The van der Waals surface area contributed by atoms with E-state index < -0.39 is 9.84 Å². The van der Waals surface area contributed by atoms with E-state index in [-0.39, 0.29) is 29.9 Å². The molecular formula is C18H24N2O4S. The van der Waals surface area contributed by atoms with E-state index in [9.17, 15) is 13.2 Å². The molecule has 0 N–H and O–H groups in total. The maximum atomic E-state index is 12.9. The molecule has 1 aliphatic rings. The SMILES string of the molecule is CCc1ccc2c(CC(=O)N([C@H]3CCS(=O)(=O)C3)N(C)C)coc2c1. The zero-order chi connectivity index (χ0) is 18.2. The second kappa shape index (κ2) is 6.80. The fourth-order valence-corrected chi connectivity index (χ4v) is 5.14. The minimum Gasteiger partial charge on any atom is -0.464 e. The van der Waals surface area contributed by atoms with Crippen LogP contribution < -0.4 is 0 Å². The lowest BCUT2D eigenvalue weighted by Crippen LogP contribution is -2.49. The van der Waals surface area contributed by atoms with E-state index in [4.69, 9.17) is 4.42 Å². The quantitative estimate of drug-likeness (QED) is 0.759. The van der Waals surface area contributed by atoms with E-state index in [0.717, 1.165) is 23.0 Å². The number of fused-ring (bicyclic) bond motifs is 1. The van der Waals surface area contributed by atoms with Crippen LogP contribution in [-0.2, 0) is 27.5 Å². The van der Waals surface area contributed by atoms with Gasteiger partial charge in [-0.1, -0.05) is 19.1 Å². The van der Waals surface area contributed by atoms with Gasteiger partial charge in [0, 0.05) is 25.0 Å². The third-order valence-electron chi connectivity index (χ3n) is 4.71. The normalized spacial score (nSPS) is 19.6. The van der Waals surface area contributed by atoms with Gasteiger partial charge in [0.1, 0.15) is 5.58 Å². The molecule has 7 heteroatoms. The molecular weight excluding hydrogens is 340 g/mol. The van der Waals surface area contributed by atoms with Crippen molar-refractivity contribution in [3.63, 3.8) is 0 Å². The Morgan fingerprint density at radius 1 is 1.32 bits per heavy atom. The van der Waals surface area contributed by atoms with Crippen LogP contribution in [0, 0.1) is 0 Å². The van der Waals surface area contributed by atoms with Crippen molar-refractivity contribution in [2.45, 2.75) is 32.2 Å². The number of carbonyl (C=O) groups is 1. The molecule has 6 nitrogen and oxygen atoms in total. The number of carbonyl (C=O) groups excluding carboxylic acids is 1. The highest BCUT2D eigenvalue weighted by Crippen LogP contribution is 2.25. The molecule has 25 heavy (non-hydrogen) atoms. The average Bonchev–Trinajstić information content (AvgIpc) is 3.10. The molecule has 0 aliphatic carbocycles. The molecule has 2 aromatic rings. The van der Waals surface area contributed by atoms with Crippen LogP contribution in [0.3, 0.4) is 0 Å². The maximum absolute atomic E-state index is 12.9. The van der Waals surface area contributed by atoms with Crippen molar-refractivity contribution in [2.24, 2.45) is 0 Å². The number of hydrazine groups is 1. The van der Waals surface area contributed by atoms with Gasteiger partial charge in [0.2, 0.25) is 5.91 Å². The van der Waals surface area contributed by atoms with E-state index >= 15 is 0 Å². The number of amides is 1. The topological polar surface area (TPSA) is 70.8 Å². The van der Waals surface area contributed by atoms with E-state index in [1.807, 2.05) is 18.2 Å². The summed E-state index contributed by atoms with van der Waals surface area (Å²) in [6.07, 6.45) is 3.22. The first-order chi connectivity index (χ1) is 11.8. The highest BCUT2D eigenvalue weighted by Gasteiger charge is 2.36. The van der Waals surface area contributed by atoms with Gasteiger partial charge in [-0.25, -0.2) is 13.4 Å². The van der Waals surface area contributed by atoms with Crippen LogP contribution in [0.15, 0.2) is 28.9 Å². The number of hydrogen-bond acceptors (Lipinski definition) is 5. The van der Waals surface area contributed by atoms with Gasteiger partial charge in [-0.2, -0.15) is 0 Å². The summed E-state index contributed by atoms with van der Waals surface area (Å²) >= 11 is 0. The average molecular weight is 364 g/mol. The Kier molecular flexibility index (Phi) is 4.88. The molecule has 1 aromatic heterocycles. The van der Waals surface area contributed by atoms with E-state index in [1.165, 1.54) is 5.56 Å².